The van der Waals surface area contributed by atoms with Gasteiger partial charge in [-0.25, -0.2) is 18.9 Å². The first kappa shape index (κ1) is 36.6. The summed E-state index contributed by atoms with van der Waals surface area (Å²) >= 11 is 18.1. The third kappa shape index (κ3) is 9.21. The molecule has 16 heteroatoms. The number of aromatic nitrogens is 2. The van der Waals surface area contributed by atoms with E-state index >= 15 is 0 Å². The lowest BCUT2D eigenvalue weighted by atomic mass is 10.1. The van der Waals surface area contributed by atoms with Crippen LogP contribution in [0.25, 0.3) is 11.2 Å². The van der Waals surface area contributed by atoms with Crippen LogP contribution < -0.4 is 10.5 Å². The second-order valence-electron chi connectivity index (χ2n) is 10.6. The third-order valence-corrected chi connectivity index (χ3v) is 11.5. The molecular weight excluding hydrogens is 712 g/mol. The first-order chi connectivity index (χ1) is 22.3. The van der Waals surface area contributed by atoms with Gasteiger partial charge in [0.1, 0.15) is 22.1 Å². The first-order valence-corrected chi connectivity index (χ1v) is 18.0. The van der Waals surface area contributed by atoms with Crippen LogP contribution in [0.5, 0.6) is 11.5 Å². The standard InChI is InChI=1S/C22H19Cl2NO3.C9H10ClN2O5PS/c1-22(2)17(12-19(23)24)20(22)21(26)28-18(13-25)14-7-6-10-16(11-14)27-15-8-4-3-5-9-15;1-15-18(14,16-2)19-5-12-8-7(17-9(12)13)3-6(10)4-11-8/h3-12,17-18,20H,1-2H3;3-4H,5H2,1-2H3. The van der Waals surface area contributed by atoms with E-state index in [1.165, 1.54) is 31.0 Å². The van der Waals surface area contributed by atoms with Crippen molar-refractivity contribution in [2.75, 3.05) is 14.2 Å². The minimum Gasteiger partial charge on any atom is -0.457 e. The van der Waals surface area contributed by atoms with Crippen molar-refractivity contribution in [1.82, 2.24) is 9.55 Å². The molecule has 0 spiro atoms. The number of para-hydroxylation sites is 1. The molecule has 0 N–H and O–H groups in total. The molecule has 2 heterocycles. The number of nitriles is 1. The van der Waals surface area contributed by atoms with Crippen LogP contribution in [0.15, 0.2) is 86.6 Å². The summed E-state index contributed by atoms with van der Waals surface area (Å²) in [6, 6.07) is 19.8. The van der Waals surface area contributed by atoms with Gasteiger partial charge in [0, 0.05) is 32.0 Å². The number of allylic oxidation sites excluding steroid dienone is 1. The monoisotopic (exact) mass is 739 g/mol. The Hall–Kier alpha value is -3.27. The van der Waals surface area contributed by atoms with Crippen molar-refractivity contribution < 1.29 is 32.3 Å². The molecule has 0 radical (unpaired) electrons. The molecule has 3 atom stereocenters. The Morgan fingerprint density at radius 2 is 1.83 bits per heavy atom. The minimum atomic E-state index is -3.27. The Morgan fingerprint density at radius 3 is 2.47 bits per heavy atom. The number of esters is 1. The summed E-state index contributed by atoms with van der Waals surface area (Å²) in [6.07, 6.45) is 2.01. The number of carbonyl (C=O) groups is 1. The van der Waals surface area contributed by atoms with Crippen molar-refractivity contribution in [2.24, 2.45) is 17.3 Å². The summed E-state index contributed by atoms with van der Waals surface area (Å²) in [5, 5.41) is 9.89. The molecular formula is C31H29Cl3N3O8PS. The molecule has 1 fully saturated rings. The number of rotatable bonds is 11. The van der Waals surface area contributed by atoms with Gasteiger partial charge in [0.05, 0.1) is 16.8 Å². The molecule has 2 aromatic carbocycles. The van der Waals surface area contributed by atoms with Crippen molar-refractivity contribution in [2.45, 2.75) is 25.8 Å². The third-order valence-electron chi connectivity index (χ3n) is 7.23. The molecule has 0 aliphatic heterocycles. The van der Waals surface area contributed by atoms with Crippen molar-refractivity contribution in [3.8, 4) is 17.6 Å². The zero-order valence-electron chi connectivity index (χ0n) is 25.5. The van der Waals surface area contributed by atoms with Crippen molar-refractivity contribution in [3.63, 3.8) is 0 Å². The predicted molar refractivity (Wildman–Crippen MR) is 180 cm³/mol. The highest BCUT2D eigenvalue weighted by Crippen LogP contribution is 2.61. The number of ether oxygens (including phenoxy) is 2. The molecule has 0 amide bonds. The molecule has 0 saturated heterocycles. The number of pyridine rings is 1. The summed E-state index contributed by atoms with van der Waals surface area (Å²) in [6.45, 7) is 0.606. The average Bonchev–Trinajstić information content (AvgIpc) is 3.43. The zero-order chi connectivity index (χ0) is 34.4. The van der Waals surface area contributed by atoms with E-state index in [2.05, 4.69) is 4.98 Å². The molecule has 0 bridgehead atoms. The van der Waals surface area contributed by atoms with E-state index in [0.717, 1.165) is 11.4 Å². The van der Waals surface area contributed by atoms with E-state index in [-0.39, 0.29) is 33.2 Å². The number of nitrogens with zero attached hydrogens (tertiary/aromatic N) is 3. The van der Waals surface area contributed by atoms with Gasteiger partial charge >= 0.3 is 18.5 Å². The topological polar surface area (TPSA) is 143 Å². The molecule has 47 heavy (non-hydrogen) atoms. The number of hydrogen-bond donors (Lipinski definition) is 0. The number of oxazole rings is 1. The Balaban J connectivity index is 0.000000229. The van der Waals surface area contributed by atoms with Gasteiger partial charge in [-0.05, 0) is 53.1 Å². The van der Waals surface area contributed by atoms with Crippen LogP contribution in [-0.2, 0) is 29.0 Å². The number of carbonyl (C=O) groups excluding carboxylic acids is 1. The largest absolute Gasteiger partial charge is 0.457 e. The molecule has 1 aliphatic carbocycles. The second kappa shape index (κ2) is 15.8. The van der Waals surface area contributed by atoms with E-state index in [1.54, 1.807) is 30.3 Å². The molecule has 248 valence electrons. The highest BCUT2D eigenvalue weighted by Gasteiger charge is 2.62. The lowest BCUT2D eigenvalue weighted by Gasteiger charge is -2.13. The second-order valence-corrected chi connectivity index (χ2v) is 16.3. The van der Waals surface area contributed by atoms with E-state index in [0.29, 0.717) is 27.7 Å². The Labute approximate surface area is 289 Å². The van der Waals surface area contributed by atoms with E-state index < -0.39 is 24.6 Å². The lowest BCUT2D eigenvalue weighted by Crippen LogP contribution is -2.14. The molecule has 4 aromatic rings. The van der Waals surface area contributed by atoms with Gasteiger partial charge in [0.2, 0.25) is 6.10 Å². The van der Waals surface area contributed by atoms with Gasteiger partial charge in [-0.3, -0.25) is 4.79 Å². The SMILES string of the molecule is CC1(C)C(C=C(Cl)Cl)C1C(=O)OC(C#N)c1cccc(Oc2ccccc2)c1.COP(=O)(OC)SCn1c(=O)oc2cc(Cl)cnc21. The van der Waals surface area contributed by atoms with Gasteiger partial charge in [0.25, 0.3) is 0 Å². The number of fused-ring (bicyclic) bond motifs is 1. The molecule has 2 aromatic heterocycles. The minimum absolute atomic E-state index is 0.0272. The number of halogens is 3. The molecule has 5 rings (SSSR count). The van der Waals surface area contributed by atoms with Crippen molar-refractivity contribution in [3.05, 3.63) is 98.6 Å². The fourth-order valence-corrected chi connectivity index (χ4v) is 7.31. The summed E-state index contributed by atoms with van der Waals surface area (Å²) in [4.78, 5) is 28.3. The Bertz CT molecular complexity index is 1900. The van der Waals surface area contributed by atoms with E-state index in [1.807, 2.05) is 50.2 Å². The van der Waals surface area contributed by atoms with Crippen LogP contribution >= 0.6 is 53.0 Å². The Kier molecular flexibility index (Phi) is 12.3. The van der Waals surface area contributed by atoms with Crippen molar-refractivity contribution in [1.29, 1.82) is 5.26 Å². The smallest absolute Gasteiger partial charge is 0.421 e. The highest BCUT2D eigenvalue weighted by atomic mass is 35.5. The summed E-state index contributed by atoms with van der Waals surface area (Å²) in [5.41, 5.74) is 0.818. The van der Waals surface area contributed by atoms with Crippen LogP contribution in [0.2, 0.25) is 5.02 Å². The maximum atomic E-state index is 12.6. The van der Waals surface area contributed by atoms with Gasteiger partial charge in [-0.1, -0.05) is 79.0 Å². The number of hydrogen-bond acceptors (Lipinski definition) is 11. The van der Waals surface area contributed by atoms with Crippen LogP contribution in [0.1, 0.15) is 25.5 Å². The first-order valence-electron chi connectivity index (χ1n) is 13.8. The summed E-state index contributed by atoms with van der Waals surface area (Å²) < 4.78 is 39.0. The molecule has 3 unspecified atom stereocenters. The molecule has 11 nitrogen and oxygen atoms in total. The normalized spacial score (nSPS) is 17.1. The maximum absolute atomic E-state index is 12.6. The number of benzene rings is 2. The predicted octanol–water partition coefficient (Wildman–Crippen LogP) is 8.91. The average molecular weight is 741 g/mol. The zero-order valence-corrected chi connectivity index (χ0v) is 29.4. The van der Waals surface area contributed by atoms with Gasteiger partial charge in [0.15, 0.2) is 11.2 Å². The highest BCUT2D eigenvalue weighted by molar-refractivity contribution is 8.54. The van der Waals surface area contributed by atoms with Gasteiger partial charge in [-0.15, -0.1) is 0 Å². The van der Waals surface area contributed by atoms with Gasteiger partial charge in [-0.2, -0.15) is 5.26 Å². The fourth-order valence-electron chi connectivity index (χ4n) is 4.65. The molecule has 1 saturated carbocycles. The lowest BCUT2D eigenvalue weighted by molar-refractivity contribution is -0.149. The van der Waals surface area contributed by atoms with E-state index in [4.69, 9.17) is 57.7 Å². The van der Waals surface area contributed by atoms with Crippen LogP contribution in [0.3, 0.4) is 0 Å². The maximum Gasteiger partial charge on any atom is 0.421 e. The van der Waals surface area contributed by atoms with Crippen LogP contribution in [0, 0.1) is 28.6 Å². The van der Waals surface area contributed by atoms with Gasteiger partial charge < -0.3 is 22.9 Å². The summed E-state index contributed by atoms with van der Waals surface area (Å²) in [5.74, 6) is -0.298. The van der Waals surface area contributed by atoms with Crippen LogP contribution in [0.4, 0.5) is 0 Å². The van der Waals surface area contributed by atoms with Crippen LogP contribution in [-0.4, -0.2) is 29.7 Å². The quantitative estimate of drug-likeness (QED) is 0.107. The fraction of sp³-hybridized carbons (Fsp3) is 0.290. The summed E-state index contributed by atoms with van der Waals surface area (Å²) in [7, 11) is 2.54. The molecule has 1 aliphatic rings. The Morgan fingerprint density at radius 1 is 1.15 bits per heavy atom. The van der Waals surface area contributed by atoms with Crippen molar-refractivity contribution >= 4 is 70.2 Å². The van der Waals surface area contributed by atoms with E-state index in [9.17, 15) is 19.4 Å².